The maximum Gasteiger partial charge on any atom is 0.177 e. The van der Waals surface area contributed by atoms with Crippen LogP contribution in [0.25, 0.3) is 16.6 Å². The SMILES string of the molecule is Nc1nn2ccnc2c(Nc2cnc3ccccc3c2)c1C1CCC(N)CC1. The molecule has 1 aliphatic rings. The van der Waals surface area contributed by atoms with Crippen LogP contribution in [0.5, 0.6) is 0 Å². The van der Waals surface area contributed by atoms with Gasteiger partial charge in [-0.05, 0) is 43.7 Å². The van der Waals surface area contributed by atoms with Crippen LogP contribution >= 0.6 is 0 Å². The van der Waals surface area contributed by atoms with Crippen LogP contribution in [0.3, 0.4) is 0 Å². The van der Waals surface area contributed by atoms with Crippen molar-refractivity contribution >= 4 is 33.7 Å². The van der Waals surface area contributed by atoms with Crippen molar-refractivity contribution in [3.63, 3.8) is 0 Å². The van der Waals surface area contributed by atoms with Crippen LogP contribution in [0.15, 0.2) is 48.9 Å². The van der Waals surface area contributed by atoms with Gasteiger partial charge in [0.05, 0.1) is 23.1 Å². The summed E-state index contributed by atoms with van der Waals surface area (Å²) in [6, 6.07) is 10.4. The molecule has 0 radical (unpaired) electrons. The highest BCUT2D eigenvalue weighted by Gasteiger charge is 2.27. The Morgan fingerprint density at radius 3 is 2.75 bits per heavy atom. The lowest BCUT2D eigenvalue weighted by Gasteiger charge is -2.28. The van der Waals surface area contributed by atoms with Crippen molar-refractivity contribution in [1.29, 1.82) is 0 Å². The number of nitrogens with zero attached hydrogens (tertiary/aromatic N) is 4. The largest absolute Gasteiger partial charge is 0.382 e. The predicted molar refractivity (Wildman–Crippen MR) is 112 cm³/mol. The topological polar surface area (TPSA) is 107 Å². The fourth-order valence-electron chi connectivity index (χ4n) is 4.20. The van der Waals surface area contributed by atoms with Gasteiger partial charge in [-0.25, -0.2) is 9.50 Å². The summed E-state index contributed by atoms with van der Waals surface area (Å²) in [4.78, 5) is 9.09. The molecule has 0 atom stereocenters. The fourth-order valence-corrected chi connectivity index (χ4v) is 4.20. The number of nitrogens with two attached hydrogens (primary N) is 2. The van der Waals surface area contributed by atoms with Gasteiger partial charge in [-0.3, -0.25) is 4.98 Å². The van der Waals surface area contributed by atoms with Crippen molar-refractivity contribution in [2.75, 3.05) is 11.1 Å². The zero-order chi connectivity index (χ0) is 19.1. The van der Waals surface area contributed by atoms with Crippen LogP contribution in [-0.4, -0.2) is 25.6 Å². The summed E-state index contributed by atoms with van der Waals surface area (Å²) < 4.78 is 1.73. The van der Waals surface area contributed by atoms with E-state index < -0.39 is 0 Å². The normalized spacial score (nSPS) is 19.9. The van der Waals surface area contributed by atoms with Gasteiger partial charge in [0.15, 0.2) is 5.65 Å². The highest BCUT2D eigenvalue weighted by molar-refractivity contribution is 5.85. The highest BCUT2D eigenvalue weighted by atomic mass is 15.3. The van der Waals surface area contributed by atoms with Gasteiger partial charge in [0.1, 0.15) is 5.82 Å². The minimum atomic E-state index is 0.279. The third-order valence-electron chi connectivity index (χ3n) is 5.65. The first-order chi connectivity index (χ1) is 13.7. The third-order valence-corrected chi connectivity index (χ3v) is 5.65. The van der Waals surface area contributed by atoms with Gasteiger partial charge in [-0.2, -0.15) is 0 Å². The van der Waals surface area contributed by atoms with E-state index in [1.807, 2.05) is 30.6 Å². The monoisotopic (exact) mass is 373 g/mol. The van der Waals surface area contributed by atoms with E-state index in [1.54, 1.807) is 10.7 Å². The van der Waals surface area contributed by atoms with Gasteiger partial charge in [-0.1, -0.05) is 18.2 Å². The molecule has 4 aromatic rings. The number of benzene rings is 1. The predicted octanol–water partition coefficient (Wildman–Crippen LogP) is 3.59. The van der Waals surface area contributed by atoms with E-state index in [2.05, 4.69) is 32.5 Å². The van der Waals surface area contributed by atoms with Gasteiger partial charge in [-0.15, -0.1) is 5.10 Å². The standard InChI is InChI=1S/C21H23N7/c22-15-7-5-13(6-8-15)18-19(21-24-9-10-28(21)27-20(18)23)26-16-11-14-3-1-2-4-17(14)25-12-16/h1-4,9-13,15,26H,5-8,22H2,(H2,23,27). The Morgan fingerprint density at radius 2 is 1.89 bits per heavy atom. The Kier molecular flexibility index (Phi) is 4.09. The molecule has 5 N–H and O–H groups in total. The van der Waals surface area contributed by atoms with Gasteiger partial charge >= 0.3 is 0 Å². The third kappa shape index (κ3) is 2.93. The molecule has 0 bridgehead atoms. The van der Waals surface area contributed by atoms with E-state index in [9.17, 15) is 0 Å². The summed E-state index contributed by atoms with van der Waals surface area (Å²) in [6.07, 6.45) is 9.42. The molecule has 0 spiro atoms. The van der Waals surface area contributed by atoms with E-state index in [0.29, 0.717) is 11.7 Å². The number of nitrogens with one attached hydrogen (secondary N) is 1. The average Bonchev–Trinajstić information content (AvgIpc) is 3.17. The first kappa shape index (κ1) is 16.9. The summed E-state index contributed by atoms with van der Waals surface area (Å²) >= 11 is 0. The Morgan fingerprint density at radius 1 is 1.07 bits per heavy atom. The van der Waals surface area contributed by atoms with Crippen molar-refractivity contribution in [3.05, 3.63) is 54.5 Å². The summed E-state index contributed by atoms with van der Waals surface area (Å²) in [5, 5.41) is 9.16. The summed E-state index contributed by atoms with van der Waals surface area (Å²) in [7, 11) is 0. The minimum Gasteiger partial charge on any atom is -0.382 e. The number of aromatic nitrogens is 4. The van der Waals surface area contributed by atoms with Crippen LogP contribution in [0, 0.1) is 0 Å². The van der Waals surface area contributed by atoms with Crippen molar-refractivity contribution in [2.24, 2.45) is 5.73 Å². The number of imidazole rings is 1. The molecular formula is C21H23N7. The Bertz CT molecular complexity index is 1140. The van der Waals surface area contributed by atoms with E-state index >= 15 is 0 Å². The zero-order valence-corrected chi connectivity index (χ0v) is 15.5. The molecule has 142 valence electrons. The number of para-hydroxylation sites is 1. The number of fused-ring (bicyclic) bond motifs is 2. The summed E-state index contributed by atoms with van der Waals surface area (Å²) in [5.41, 5.74) is 17.1. The molecule has 7 heteroatoms. The molecule has 3 aromatic heterocycles. The quantitative estimate of drug-likeness (QED) is 0.507. The number of hydrogen-bond acceptors (Lipinski definition) is 6. The van der Waals surface area contributed by atoms with Crippen molar-refractivity contribution in [3.8, 4) is 0 Å². The number of anilines is 3. The molecule has 0 amide bonds. The van der Waals surface area contributed by atoms with Gasteiger partial charge in [0.2, 0.25) is 0 Å². The van der Waals surface area contributed by atoms with Crippen molar-refractivity contribution < 1.29 is 0 Å². The molecule has 28 heavy (non-hydrogen) atoms. The van der Waals surface area contributed by atoms with Crippen LogP contribution < -0.4 is 16.8 Å². The second kappa shape index (κ2) is 6.76. The molecule has 5 rings (SSSR count). The van der Waals surface area contributed by atoms with Gasteiger partial charge in [0, 0.05) is 29.4 Å². The first-order valence-electron chi connectivity index (χ1n) is 9.69. The van der Waals surface area contributed by atoms with Crippen molar-refractivity contribution in [1.82, 2.24) is 19.6 Å². The number of nitrogen functional groups attached to an aromatic ring is 1. The Hall–Kier alpha value is -3.19. The van der Waals surface area contributed by atoms with Crippen LogP contribution in [0.1, 0.15) is 37.2 Å². The van der Waals surface area contributed by atoms with E-state index in [0.717, 1.165) is 59.2 Å². The molecule has 1 fully saturated rings. The number of hydrogen-bond donors (Lipinski definition) is 3. The van der Waals surface area contributed by atoms with Crippen LogP contribution in [-0.2, 0) is 0 Å². The molecule has 3 heterocycles. The number of pyridine rings is 1. The molecule has 0 unspecified atom stereocenters. The molecular weight excluding hydrogens is 350 g/mol. The Balaban J connectivity index is 1.61. The van der Waals surface area contributed by atoms with Crippen LogP contribution in [0.2, 0.25) is 0 Å². The summed E-state index contributed by atoms with van der Waals surface area (Å²) in [6.45, 7) is 0. The smallest absolute Gasteiger partial charge is 0.177 e. The first-order valence-corrected chi connectivity index (χ1v) is 9.69. The van der Waals surface area contributed by atoms with E-state index in [1.165, 1.54) is 0 Å². The van der Waals surface area contributed by atoms with Gasteiger partial charge < -0.3 is 16.8 Å². The molecule has 7 nitrogen and oxygen atoms in total. The molecule has 1 aromatic carbocycles. The lowest BCUT2D eigenvalue weighted by molar-refractivity contribution is 0.396. The molecule has 1 saturated carbocycles. The van der Waals surface area contributed by atoms with E-state index in [4.69, 9.17) is 11.5 Å². The maximum atomic E-state index is 6.41. The van der Waals surface area contributed by atoms with Crippen molar-refractivity contribution in [2.45, 2.75) is 37.6 Å². The average molecular weight is 373 g/mol. The maximum absolute atomic E-state index is 6.41. The lowest BCUT2D eigenvalue weighted by atomic mass is 9.81. The number of rotatable bonds is 3. The fraction of sp³-hybridized carbons (Fsp3) is 0.286. The van der Waals surface area contributed by atoms with E-state index in [-0.39, 0.29) is 6.04 Å². The summed E-state index contributed by atoms with van der Waals surface area (Å²) in [5.74, 6) is 0.868. The van der Waals surface area contributed by atoms with Gasteiger partial charge in [0.25, 0.3) is 0 Å². The second-order valence-electron chi connectivity index (χ2n) is 7.52. The molecule has 0 aliphatic heterocycles. The second-order valence-corrected chi connectivity index (χ2v) is 7.52. The zero-order valence-electron chi connectivity index (χ0n) is 15.5. The molecule has 1 aliphatic carbocycles. The lowest BCUT2D eigenvalue weighted by Crippen LogP contribution is -2.26. The molecule has 0 saturated heterocycles. The van der Waals surface area contributed by atoms with Crippen LogP contribution in [0.4, 0.5) is 17.2 Å². The highest BCUT2D eigenvalue weighted by Crippen LogP contribution is 2.41. The Labute approximate surface area is 162 Å². The minimum absolute atomic E-state index is 0.279.